The quantitative estimate of drug-likeness (QED) is 0.684. The Morgan fingerprint density at radius 1 is 1.62 bits per heavy atom. The molecule has 1 amide bonds. The lowest BCUT2D eigenvalue weighted by atomic mass is 9.92. The first-order chi connectivity index (χ1) is 6.24. The summed E-state index contributed by atoms with van der Waals surface area (Å²) < 4.78 is 0. The largest absolute Gasteiger partial charge is 0.356 e. The second kappa shape index (κ2) is 5.22. The van der Waals surface area contributed by atoms with Crippen LogP contribution in [0.25, 0.3) is 0 Å². The highest BCUT2D eigenvalue weighted by Crippen LogP contribution is 2.15. The Labute approximate surface area is 80.3 Å². The zero-order chi connectivity index (χ0) is 9.68. The van der Waals surface area contributed by atoms with Gasteiger partial charge in [-0.25, -0.2) is 0 Å². The van der Waals surface area contributed by atoms with Gasteiger partial charge in [0.2, 0.25) is 5.91 Å². The van der Waals surface area contributed by atoms with Gasteiger partial charge in [-0.05, 0) is 32.7 Å². The van der Waals surface area contributed by atoms with Crippen molar-refractivity contribution in [2.45, 2.75) is 39.2 Å². The lowest BCUT2D eigenvalue weighted by molar-refractivity contribution is -0.126. The highest BCUT2D eigenvalue weighted by molar-refractivity contribution is 5.78. The van der Waals surface area contributed by atoms with Crippen LogP contribution in [0.2, 0.25) is 0 Å². The topological polar surface area (TPSA) is 41.1 Å². The molecule has 3 heteroatoms. The highest BCUT2D eigenvalue weighted by atomic mass is 16.1. The van der Waals surface area contributed by atoms with Gasteiger partial charge < -0.3 is 10.6 Å². The summed E-state index contributed by atoms with van der Waals surface area (Å²) in [5.74, 6) is 0.484. The normalized spacial score (nSPS) is 28.5. The third kappa shape index (κ3) is 3.35. The Bertz CT molecular complexity index is 170. The van der Waals surface area contributed by atoms with Crippen molar-refractivity contribution >= 4 is 5.91 Å². The van der Waals surface area contributed by atoms with Gasteiger partial charge in [0.25, 0.3) is 0 Å². The molecule has 2 atom stereocenters. The molecular weight excluding hydrogens is 164 g/mol. The SMILES string of the molecule is CCCNC(=O)[C@H]1CCN[C@@H](C)C1. The zero-order valence-electron chi connectivity index (χ0n) is 8.60. The van der Waals surface area contributed by atoms with Crippen LogP contribution in [0, 0.1) is 5.92 Å². The van der Waals surface area contributed by atoms with E-state index in [-0.39, 0.29) is 11.8 Å². The molecule has 0 unspecified atom stereocenters. The van der Waals surface area contributed by atoms with Crippen LogP contribution in [0.3, 0.4) is 0 Å². The van der Waals surface area contributed by atoms with E-state index in [0.717, 1.165) is 32.4 Å². The van der Waals surface area contributed by atoms with Crippen molar-refractivity contribution in [2.75, 3.05) is 13.1 Å². The summed E-state index contributed by atoms with van der Waals surface area (Å²) in [5.41, 5.74) is 0. The van der Waals surface area contributed by atoms with Gasteiger partial charge in [-0.2, -0.15) is 0 Å². The zero-order valence-corrected chi connectivity index (χ0v) is 8.60. The first-order valence-electron chi connectivity index (χ1n) is 5.25. The maximum absolute atomic E-state index is 11.6. The monoisotopic (exact) mass is 184 g/mol. The van der Waals surface area contributed by atoms with E-state index in [4.69, 9.17) is 0 Å². The van der Waals surface area contributed by atoms with Gasteiger partial charge in [0.1, 0.15) is 0 Å². The van der Waals surface area contributed by atoms with Crippen molar-refractivity contribution in [1.29, 1.82) is 0 Å². The molecule has 1 rings (SSSR count). The lowest BCUT2D eigenvalue weighted by Gasteiger charge is -2.26. The summed E-state index contributed by atoms with van der Waals surface area (Å²) in [7, 11) is 0. The predicted octanol–water partition coefficient (Wildman–Crippen LogP) is 0.901. The predicted molar refractivity (Wildman–Crippen MR) is 53.5 cm³/mol. The Kier molecular flexibility index (Phi) is 4.22. The molecule has 0 saturated carbocycles. The van der Waals surface area contributed by atoms with Crippen LogP contribution in [-0.4, -0.2) is 25.0 Å². The molecule has 1 saturated heterocycles. The van der Waals surface area contributed by atoms with E-state index in [1.165, 1.54) is 0 Å². The molecule has 1 fully saturated rings. The number of hydrogen-bond acceptors (Lipinski definition) is 2. The number of piperidine rings is 1. The van der Waals surface area contributed by atoms with Crippen molar-refractivity contribution < 1.29 is 4.79 Å². The van der Waals surface area contributed by atoms with Crippen LogP contribution in [-0.2, 0) is 4.79 Å². The van der Waals surface area contributed by atoms with Crippen molar-refractivity contribution in [2.24, 2.45) is 5.92 Å². The molecular formula is C10H20N2O. The molecule has 0 aromatic rings. The molecule has 76 valence electrons. The number of amides is 1. The Morgan fingerprint density at radius 3 is 3.00 bits per heavy atom. The van der Waals surface area contributed by atoms with E-state index < -0.39 is 0 Å². The summed E-state index contributed by atoms with van der Waals surface area (Å²) >= 11 is 0. The summed E-state index contributed by atoms with van der Waals surface area (Å²) in [6, 6.07) is 0.492. The molecule has 0 bridgehead atoms. The lowest BCUT2D eigenvalue weighted by Crippen LogP contribution is -2.42. The average molecular weight is 184 g/mol. The Morgan fingerprint density at radius 2 is 2.38 bits per heavy atom. The fourth-order valence-corrected chi connectivity index (χ4v) is 1.76. The number of carbonyl (C=O) groups is 1. The van der Waals surface area contributed by atoms with E-state index in [0.29, 0.717) is 6.04 Å². The fourth-order valence-electron chi connectivity index (χ4n) is 1.76. The third-order valence-corrected chi connectivity index (χ3v) is 2.54. The Balaban J connectivity index is 2.28. The van der Waals surface area contributed by atoms with Crippen LogP contribution in [0.5, 0.6) is 0 Å². The number of rotatable bonds is 3. The minimum atomic E-state index is 0.239. The summed E-state index contributed by atoms with van der Waals surface area (Å²) in [5, 5.41) is 6.30. The molecule has 3 nitrogen and oxygen atoms in total. The second-order valence-electron chi connectivity index (χ2n) is 3.87. The van der Waals surface area contributed by atoms with Gasteiger partial charge in [-0.15, -0.1) is 0 Å². The first-order valence-corrected chi connectivity index (χ1v) is 5.25. The van der Waals surface area contributed by atoms with Crippen molar-refractivity contribution in [3.05, 3.63) is 0 Å². The maximum Gasteiger partial charge on any atom is 0.223 e. The minimum Gasteiger partial charge on any atom is -0.356 e. The molecule has 1 heterocycles. The van der Waals surface area contributed by atoms with E-state index in [9.17, 15) is 4.79 Å². The number of carbonyl (C=O) groups excluding carboxylic acids is 1. The fraction of sp³-hybridized carbons (Fsp3) is 0.900. The van der Waals surface area contributed by atoms with Gasteiger partial charge in [-0.3, -0.25) is 4.79 Å². The number of hydrogen-bond donors (Lipinski definition) is 2. The van der Waals surface area contributed by atoms with Gasteiger partial charge in [0.15, 0.2) is 0 Å². The van der Waals surface area contributed by atoms with E-state index in [1.54, 1.807) is 0 Å². The van der Waals surface area contributed by atoms with Crippen molar-refractivity contribution in [1.82, 2.24) is 10.6 Å². The molecule has 0 spiro atoms. The Hall–Kier alpha value is -0.570. The highest BCUT2D eigenvalue weighted by Gasteiger charge is 2.23. The van der Waals surface area contributed by atoms with Gasteiger partial charge in [0.05, 0.1) is 0 Å². The van der Waals surface area contributed by atoms with Crippen molar-refractivity contribution in [3.63, 3.8) is 0 Å². The van der Waals surface area contributed by atoms with Crippen LogP contribution in [0.1, 0.15) is 33.1 Å². The molecule has 2 N–H and O–H groups in total. The second-order valence-corrected chi connectivity index (χ2v) is 3.87. The van der Waals surface area contributed by atoms with Crippen LogP contribution < -0.4 is 10.6 Å². The van der Waals surface area contributed by atoms with E-state index in [1.807, 2.05) is 0 Å². The number of nitrogens with one attached hydrogen (secondary N) is 2. The molecule has 13 heavy (non-hydrogen) atoms. The maximum atomic E-state index is 11.6. The molecule has 1 aliphatic heterocycles. The summed E-state index contributed by atoms with van der Waals surface area (Å²) in [6.07, 6.45) is 2.99. The molecule has 0 radical (unpaired) electrons. The van der Waals surface area contributed by atoms with Crippen LogP contribution >= 0.6 is 0 Å². The van der Waals surface area contributed by atoms with Crippen LogP contribution in [0.4, 0.5) is 0 Å². The minimum absolute atomic E-state index is 0.239. The first kappa shape index (κ1) is 10.5. The van der Waals surface area contributed by atoms with E-state index in [2.05, 4.69) is 24.5 Å². The average Bonchev–Trinajstić information content (AvgIpc) is 2.14. The molecule has 0 aromatic carbocycles. The molecule has 0 aliphatic carbocycles. The standard InChI is InChI=1S/C10H20N2O/c1-3-5-12-10(13)9-4-6-11-8(2)7-9/h8-9,11H,3-7H2,1-2H3,(H,12,13)/t8-,9-/m0/s1. The van der Waals surface area contributed by atoms with Gasteiger partial charge >= 0.3 is 0 Å². The summed E-state index contributed by atoms with van der Waals surface area (Å²) in [6.45, 7) is 6.01. The third-order valence-electron chi connectivity index (χ3n) is 2.54. The smallest absolute Gasteiger partial charge is 0.223 e. The molecule has 0 aromatic heterocycles. The molecule has 1 aliphatic rings. The van der Waals surface area contributed by atoms with Gasteiger partial charge in [0, 0.05) is 18.5 Å². The van der Waals surface area contributed by atoms with E-state index >= 15 is 0 Å². The van der Waals surface area contributed by atoms with Crippen LogP contribution in [0.15, 0.2) is 0 Å². The summed E-state index contributed by atoms with van der Waals surface area (Å²) in [4.78, 5) is 11.6. The van der Waals surface area contributed by atoms with Gasteiger partial charge in [-0.1, -0.05) is 6.92 Å². The van der Waals surface area contributed by atoms with Crippen molar-refractivity contribution in [3.8, 4) is 0 Å².